The molecule has 0 spiro atoms. The summed E-state index contributed by atoms with van der Waals surface area (Å²) in [7, 11) is 0. The number of nitrogens with zero attached hydrogens (tertiary/aromatic N) is 2. The second-order valence-corrected chi connectivity index (χ2v) is 6.25. The van der Waals surface area contributed by atoms with E-state index in [1.165, 1.54) is 4.90 Å². The average molecular weight is 374 g/mol. The fourth-order valence-corrected chi connectivity index (χ4v) is 2.89. The van der Waals surface area contributed by atoms with Crippen LogP contribution in [0.15, 0.2) is 29.3 Å². The van der Waals surface area contributed by atoms with Crippen molar-refractivity contribution in [3.05, 3.63) is 35.4 Å². The molecule has 1 aliphatic heterocycles. The molecule has 0 fully saturated rings. The van der Waals surface area contributed by atoms with Crippen molar-refractivity contribution in [2.75, 3.05) is 39.4 Å². The minimum absolute atomic E-state index is 0.187. The van der Waals surface area contributed by atoms with Crippen LogP contribution >= 0.6 is 0 Å². The molecule has 1 aromatic rings. The Hall–Kier alpha value is -2.41. The van der Waals surface area contributed by atoms with Gasteiger partial charge in [-0.1, -0.05) is 12.1 Å². The van der Waals surface area contributed by atoms with Gasteiger partial charge in [0.15, 0.2) is 5.96 Å². The monoisotopic (exact) mass is 374 g/mol. The van der Waals surface area contributed by atoms with Crippen molar-refractivity contribution in [1.82, 2.24) is 15.5 Å². The average Bonchev–Trinajstić information content (AvgIpc) is 2.92. The van der Waals surface area contributed by atoms with Gasteiger partial charge in [0.1, 0.15) is 0 Å². The molecule has 2 N–H and O–H groups in total. The first-order valence-electron chi connectivity index (χ1n) is 9.74. The van der Waals surface area contributed by atoms with Crippen molar-refractivity contribution in [3.63, 3.8) is 0 Å². The van der Waals surface area contributed by atoms with E-state index in [0.29, 0.717) is 24.2 Å². The maximum absolute atomic E-state index is 12.3. The lowest BCUT2D eigenvalue weighted by Crippen LogP contribution is -2.38. The molecule has 0 saturated carbocycles. The lowest BCUT2D eigenvalue weighted by molar-refractivity contribution is 0.0652. The second kappa shape index (κ2) is 11.3. The Kier molecular flexibility index (Phi) is 8.77. The Labute approximate surface area is 161 Å². The molecule has 1 aliphatic rings. The van der Waals surface area contributed by atoms with Crippen molar-refractivity contribution in [3.8, 4) is 0 Å². The fourth-order valence-electron chi connectivity index (χ4n) is 2.89. The van der Waals surface area contributed by atoms with E-state index in [2.05, 4.69) is 15.6 Å². The number of rotatable bonds is 11. The van der Waals surface area contributed by atoms with Crippen LogP contribution in [-0.4, -0.2) is 62.1 Å². The van der Waals surface area contributed by atoms with Gasteiger partial charge in [-0.05, 0) is 45.2 Å². The molecule has 0 atom stereocenters. The topological polar surface area (TPSA) is 83.0 Å². The third kappa shape index (κ3) is 6.06. The van der Waals surface area contributed by atoms with Gasteiger partial charge in [-0.3, -0.25) is 19.5 Å². The van der Waals surface area contributed by atoms with E-state index in [9.17, 15) is 9.59 Å². The molecule has 0 unspecified atom stereocenters. The van der Waals surface area contributed by atoms with Crippen molar-refractivity contribution in [1.29, 1.82) is 0 Å². The number of aliphatic imine (C=N–C) groups is 1. The van der Waals surface area contributed by atoms with E-state index >= 15 is 0 Å². The molecule has 148 valence electrons. The summed E-state index contributed by atoms with van der Waals surface area (Å²) in [6, 6.07) is 6.99. The largest absolute Gasteiger partial charge is 0.382 e. The number of carbonyl (C=O) groups excluding carboxylic acids is 2. The van der Waals surface area contributed by atoms with E-state index in [1.54, 1.807) is 24.3 Å². The Bertz CT molecular complexity index is 625. The zero-order chi connectivity index (χ0) is 19.5. The molecule has 1 aromatic carbocycles. The summed E-state index contributed by atoms with van der Waals surface area (Å²) in [5.74, 6) is 0.412. The van der Waals surface area contributed by atoms with Crippen LogP contribution in [0.4, 0.5) is 0 Å². The molecule has 2 rings (SSSR count). The number of amides is 2. The number of imide groups is 1. The number of benzene rings is 1. The first-order chi connectivity index (χ1) is 13.2. The number of hydrogen-bond acceptors (Lipinski definition) is 4. The molecular weight excluding hydrogens is 344 g/mol. The van der Waals surface area contributed by atoms with E-state index in [0.717, 1.165) is 51.5 Å². The summed E-state index contributed by atoms with van der Waals surface area (Å²) in [4.78, 5) is 30.5. The first-order valence-corrected chi connectivity index (χ1v) is 9.74. The van der Waals surface area contributed by atoms with Crippen LogP contribution in [0, 0.1) is 0 Å². The van der Waals surface area contributed by atoms with Gasteiger partial charge < -0.3 is 15.4 Å². The summed E-state index contributed by atoms with van der Waals surface area (Å²) in [6.45, 7) is 8.15. The highest BCUT2D eigenvalue weighted by molar-refractivity contribution is 6.21. The summed E-state index contributed by atoms with van der Waals surface area (Å²) in [6.07, 6.45) is 2.49. The number of unbranched alkanes of at least 4 members (excludes halogenated alkanes) is 1. The second-order valence-electron chi connectivity index (χ2n) is 6.25. The molecule has 27 heavy (non-hydrogen) atoms. The van der Waals surface area contributed by atoms with E-state index in [1.807, 2.05) is 13.8 Å². The maximum Gasteiger partial charge on any atom is 0.261 e. The smallest absolute Gasteiger partial charge is 0.261 e. The zero-order valence-corrected chi connectivity index (χ0v) is 16.3. The van der Waals surface area contributed by atoms with E-state index < -0.39 is 0 Å². The van der Waals surface area contributed by atoms with E-state index in [4.69, 9.17) is 4.74 Å². The van der Waals surface area contributed by atoms with E-state index in [-0.39, 0.29) is 11.8 Å². The number of nitrogens with one attached hydrogen (secondary N) is 2. The van der Waals surface area contributed by atoms with Gasteiger partial charge in [0.25, 0.3) is 11.8 Å². The molecule has 0 bridgehead atoms. The van der Waals surface area contributed by atoms with Crippen molar-refractivity contribution >= 4 is 17.8 Å². The van der Waals surface area contributed by atoms with Crippen LogP contribution in [0.5, 0.6) is 0 Å². The first kappa shape index (κ1) is 20.9. The van der Waals surface area contributed by atoms with Gasteiger partial charge in [0.05, 0.1) is 11.1 Å². The Morgan fingerprint density at radius 1 is 1.04 bits per heavy atom. The zero-order valence-electron chi connectivity index (χ0n) is 16.3. The number of guanidine groups is 1. The maximum atomic E-state index is 12.3. The molecule has 0 aromatic heterocycles. The van der Waals surface area contributed by atoms with Gasteiger partial charge >= 0.3 is 0 Å². The number of ether oxygens (including phenoxy) is 1. The molecule has 1 heterocycles. The van der Waals surface area contributed by atoms with Crippen LogP contribution in [0.3, 0.4) is 0 Å². The van der Waals surface area contributed by atoms with Crippen LogP contribution < -0.4 is 10.6 Å². The predicted molar refractivity (Wildman–Crippen MR) is 106 cm³/mol. The highest BCUT2D eigenvalue weighted by Crippen LogP contribution is 2.22. The Balaban J connectivity index is 1.69. The summed E-state index contributed by atoms with van der Waals surface area (Å²) in [5.41, 5.74) is 1.02. The fraction of sp³-hybridized carbons (Fsp3) is 0.550. The normalized spacial score (nSPS) is 13.9. The minimum atomic E-state index is -0.187. The number of carbonyl (C=O) groups is 2. The predicted octanol–water partition coefficient (Wildman–Crippen LogP) is 2.04. The van der Waals surface area contributed by atoms with Gasteiger partial charge in [0, 0.05) is 39.4 Å². The summed E-state index contributed by atoms with van der Waals surface area (Å²) < 4.78 is 5.31. The van der Waals surface area contributed by atoms with Gasteiger partial charge in [-0.25, -0.2) is 0 Å². The van der Waals surface area contributed by atoms with Gasteiger partial charge in [-0.2, -0.15) is 0 Å². The van der Waals surface area contributed by atoms with Crippen molar-refractivity contribution in [2.45, 2.75) is 33.1 Å². The van der Waals surface area contributed by atoms with Crippen LogP contribution in [-0.2, 0) is 4.74 Å². The van der Waals surface area contributed by atoms with Crippen molar-refractivity contribution in [2.24, 2.45) is 4.99 Å². The van der Waals surface area contributed by atoms with Crippen LogP contribution in [0.1, 0.15) is 53.8 Å². The lowest BCUT2D eigenvalue weighted by Gasteiger charge is -2.14. The summed E-state index contributed by atoms with van der Waals surface area (Å²) in [5, 5.41) is 6.50. The molecule has 0 saturated heterocycles. The lowest BCUT2D eigenvalue weighted by atomic mass is 10.1. The van der Waals surface area contributed by atoms with Gasteiger partial charge in [-0.15, -0.1) is 0 Å². The van der Waals surface area contributed by atoms with Gasteiger partial charge in [0.2, 0.25) is 0 Å². The SMILES string of the molecule is CCNC(=NCCCOCC)NCCCCN1C(=O)c2ccccc2C1=O. The van der Waals surface area contributed by atoms with Crippen LogP contribution in [0.2, 0.25) is 0 Å². The molecule has 2 amide bonds. The number of fused-ring (bicyclic) bond motifs is 1. The highest BCUT2D eigenvalue weighted by Gasteiger charge is 2.34. The molecule has 0 radical (unpaired) electrons. The minimum Gasteiger partial charge on any atom is -0.382 e. The third-order valence-corrected chi connectivity index (χ3v) is 4.24. The standard InChI is InChI=1S/C20H30N4O3/c1-3-21-20(23-13-9-15-27-4-2)22-12-7-8-14-24-18(25)16-10-5-6-11-17(16)19(24)26/h5-6,10-11H,3-4,7-9,12-15H2,1-2H3,(H2,21,22,23). The molecule has 0 aliphatic carbocycles. The van der Waals surface area contributed by atoms with Crippen molar-refractivity contribution < 1.29 is 14.3 Å². The summed E-state index contributed by atoms with van der Waals surface area (Å²) >= 11 is 0. The molecule has 7 nitrogen and oxygen atoms in total. The van der Waals surface area contributed by atoms with Crippen LogP contribution in [0.25, 0.3) is 0 Å². The Morgan fingerprint density at radius 2 is 1.74 bits per heavy atom. The molecular formula is C20H30N4O3. The number of hydrogen-bond donors (Lipinski definition) is 2. The molecule has 7 heteroatoms. The quantitative estimate of drug-likeness (QED) is 0.268. The third-order valence-electron chi connectivity index (χ3n) is 4.24. The highest BCUT2D eigenvalue weighted by atomic mass is 16.5. The Morgan fingerprint density at radius 3 is 2.37 bits per heavy atom.